The van der Waals surface area contributed by atoms with Crippen LogP contribution in [-0.2, 0) is 6.42 Å². The Bertz CT molecular complexity index is 230. The van der Waals surface area contributed by atoms with E-state index in [1.807, 2.05) is 0 Å². The molecule has 0 heterocycles. The summed E-state index contributed by atoms with van der Waals surface area (Å²) in [5.41, 5.74) is 2.73. The molecule has 1 radical (unpaired) electrons. The zero-order chi connectivity index (χ0) is 8.81. The summed E-state index contributed by atoms with van der Waals surface area (Å²) >= 11 is 0. The molecule has 0 atom stereocenters. The summed E-state index contributed by atoms with van der Waals surface area (Å²) in [6.45, 7) is 7.68. The largest absolute Gasteiger partial charge is 0.316 e. The van der Waals surface area contributed by atoms with Crippen molar-refractivity contribution in [3.63, 3.8) is 0 Å². The summed E-state index contributed by atoms with van der Waals surface area (Å²) in [5, 5.41) is 3.21. The van der Waals surface area contributed by atoms with E-state index in [0.29, 0.717) is 0 Å². The van der Waals surface area contributed by atoms with Crippen molar-refractivity contribution in [2.45, 2.75) is 13.3 Å². The Morgan fingerprint density at radius 1 is 1.42 bits per heavy atom. The van der Waals surface area contributed by atoms with Crippen molar-refractivity contribution in [1.82, 2.24) is 5.32 Å². The van der Waals surface area contributed by atoms with Crippen LogP contribution in [0.15, 0.2) is 24.3 Å². The lowest BCUT2D eigenvalue weighted by Crippen LogP contribution is -2.16. The predicted molar refractivity (Wildman–Crippen MR) is 53.1 cm³/mol. The van der Waals surface area contributed by atoms with Crippen molar-refractivity contribution in [2.75, 3.05) is 13.1 Å². The average Bonchev–Trinajstić information content (AvgIpc) is 2.05. The van der Waals surface area contributed by atoms with Gasteiger partial charge in [-0.2, -0.15) is 0 Å². The van der Waals surface area contributed by atoms with Gasteiger partial charge >= 0.3 is 0 Å². The van der Waals surface area contributed by atoms with E-state index >= 15 is 0 Å². The maximum atomic E-state index is 3.72. The van der Waals surface area contributed by atoms with Gasteiger partial charge in [-0.15, -0.1) is 0 Å². The van der Waals surface area contributed by atoms with E-state index in [-0.39, 0.29) is 0 Å². The molecule has 1 heteroatoms. The first-order valence-corrected chi connectivity index (χ1v) is 4.38. The minimum atomic E-state index is 0.811. The Hall–Kier alpha value is -0.820. The van der Waals surface area contributed by atoms with Gasteiger partial charge in [0.2, 0.25) is 0 Å². The third-order valence-corrected chi connectivity index (χ3v) is 1.85. The highest BCUT2D eigenvalue weighted by molar-refractivity contribution is 5.22. The third-order valence-electron chi connectivity index (χ3n) is 1.85. The molecule has 65 valence electrons. The van der Waals surface area contributed by atoms with Gasteiger partial charge in [0.15, 0.2) is 0 Å². The Morgan fingerprint density at radius 2 is 2.25 bits per heavy atom. The molecule has 1 aromatic rings. The van der Waals surface area contributed by atoms with Crippen molar-refractivity contribution < 1.29 is 0 Å². The standard InChI is InChI=1S/C11H16N/c1-3-12-8-7-11-6-4-5-10(2)9-11/h4-6,9,12H,1,3,7-8H2,2H3. The van der Waals surface area contributed by atoms with Crippen molar-refractivity contribution in [3.05, 3.63) is 42.3 Å². The number of rotatable bonds is 4. The van der Waals surface area contributed by atoms with Crippen molar-refractivity contribution in [2.24, 2.45) is 0 Å². The second-order valence-corrected chi connectivity index (χ2v) is 2.99. The molecule has 0 fully saturated rings. The summed E-state index contributed by atoms with van der Waals surface area (Å²) in [4.78, 5) is 0. The zero-order valence-electron chi connectivity index (χ0n) is 7.64. The van der Waals surface area contributed by atoms with Crippen LogP contribution < -0.4 is 5.32 Å². The molecule has 1 N–H and O–H groups in total. The molecule has 0 saturated carbocycles. The summed E-state index contributed by atoms with van der Waals surface area (Å²) in [6, 6.07) is 8.62. The second kappa shape index (κ2) is 4.94. The van der Waals surface area contributed by atoms with Gasteiger partial charge in [-0.05, 0) is 38.9 Å². The highest BCUT2D eigenvalue weighted by Crippen LogP contribution is 2.03. The Kier molecular flexibility index (Phi) is 3.81. The van der Waals surface area contributed by atoms with Gasteiger partial charge in [0, 0.05) is 0 Å². The van der Waals surface area contributed by atoms with Crippen molar-refractivity contribution in [3.8, 4) is 0 Å². The highest BCUT2D eigenvalue weighted by Gasteiger charge is 1.91. The molecule has 0 aliphatic heterocycles. The maximum absolute atomic E-state index is 3.72. The molecule has 12 heavy (non-hydrogen) atoms. The van der Waals surface area contributed by atoms with Crippen LogP contribution in [0.2, 0.25) is 0 Å². The van der Waals surface area contributed by atoms with Crippen LogP contribution in [0.4, 0.5) is 0 Å². The van der Waals surface area contributed by atoms with Crippen molar-refractivity contribution in [1.29, 1.82) is 0 Å². The number of benzene rings is 1. The molecule has 0 aliphatic rings. The molecule has 0 saturated heterocycles. The van der Waals surface area contributed by atoms with Gasteiger partial charge < -0.3 is 5.32 Å². The monoisotopic (exact) mass is 162 g/mol. The average molecular weight is 162 g/mol. The Morgan fingerprint density at radius 3 is 2.92 bits per heavy atom. The number of aryl methyl sites for hydroxylation is 1. The molecular weight excluding hydrogens is 146 g/mol. The lowest BCUT2D eigenvalue weighted by molar-refractivity contribution is 0.743. The summed E-state index contributed by atoms with van der Waals surface area (Å²) in [5.74, 6) is 0. The molecule has 0 amide bonds. The molecule has 1 aromatic carbocycles. The molecule has 0 bridgehead atoms. The van der Waals surface area contributed by atoms with Crippen LogP contribution >= 0.6 is 0 Å². The third kappa shape index (κ3) is 3.05. The SMILES string of the molecule is [CH2]CNCCc1cccc(C)c1. The molecule has 1 nitrogen and oxygen atoms in total. The minimum absolute atomic E-state index is 0.811. The summed E-state index contributed by atoms with van der Waals surface area (Å²) in [7, 11) is 0. The van der Waals surface area contributed by atoms with Gasteiger partial charge in [-0.1, -0.05) is 29.8 Å². The smallest absolute Gasteiger partial charge is 0.000835 e. The van der Waals surface area contributed by atoms with E-state index in [4.69, 9.17) is 0 Å². The number of nitrogens with one attached hydrogen (secondary N) is 1. The first-order valence-electron chi connectivity index (χ1n) is 4.38. The quantitative estimate of drug-likeness (QED) is 0.667. The second-order valence-electron chi connectivity index (χ2n) is 2.99. The molecule has 0 unspecified atom stereocenters. The van der Waals surface area contributed by atoms with Crippen LogP contribution in [0.1, 0.15) is 11.1 Å². The van der Waals surface area contributed by atoms with Gasteiger partial charge in [0.25, 0.3) is 0 Å². The Balaban J connectivity index is 2.41. The van der Waals surface area contributed by atoms with E-state index < -0.39 is 0 Å². The first kappa shape index (κ1) is 9.27. The molecule has 0 spiro atoms. The van der Waals surface area contributed by atoms with Crippen molar-refractivity contribution >= 4 is 0 Å². The summed E-state index contributed by atoms with van der Waals surface area (Å²) < 4.78 is 0. The molecule has 0 aliphatic carbocycles. The van der Waals surface area contributed by atoms with Crippen LogP contribution in [0.3, 0.4) is 0 Å². The molecule has 1 rings (SSSR count). The predicted octanol–water partition coefficient (Wildman–Crippen LogP) is 1.96. The van der Waals surface area contributed by atoms with Crippen LogP contribution in [0.5, 0.6) is 0 Å². The van der Waals surface area contributed by atoms with Crippen LogP contribution in [0.25, 0.3) is 0 Å². The number of hydrogen-bond donors (Lipinski definition) is 1. The van der Waals surface area contributed by atoms with E-state index in [9.17, 15) is 0 Å². The molecular formula is C11H16N. The lowest BCUT2D eigenvalue weighted by atomic mass is 10.1. The topological polar surface area (TPSA) is 12.0 Å². The van der Waals surface area contributed by atoms with E-state index in [1.165, 1.54) is 11.1 Å². The number of hydrogen-bond acceptors (Lipinski definition) is 1. The normalized spacial score (nSPS) is 10.2. The van der Waals surface area contributed by atoms with Crippen LogP contribution in [-0.4, -0.2) is 13.1 Å². The fourth-order valence-electron chi connectivity index (χ4n) is 1.23. The lowest BCUT2D eigenvalue weighted by Gasteiger charge is -2.02. The van der Waals surface area contributed by atoms with Gasteiger partial charge in [-0.25, -0.2) is 0 Å². The maximum Gasteiger partial charge on any atom is -0.000835 e. The minimum Gasteiger partial charge on any atom is -0.316 e. The van der Waals surface area contributed by atoms with E-state index in [2.05, 4.69) is 43.4 Å². The molecule has 0 aromatic heterocycles. The van der Waals surface area contributed by atoms with E-state index in [1.54, 1.807) is 0 Å². The highest BCUT2D eigenvalue weighted by atomic mass is 14.8. The van der Waals surface area contributed by atoms with Gasteiger partial charge in [0.1, 0.15) is 0 Å². The Labute approximate surface area is 74.8 Å². The zero-order valence-corrected chi connectivity index (χ0v) is 7.64. The van der Waals surface area contributed by atoms with Crippen LogP contribution in [0, 0.1) is 13.8 Å². The fourth-order valence-corrected chi connectivity index (χ4v) is 1.23. The van der Waals surface area contributed by atoms with Gasteiger partial charge in [-0.3, -0.25) is 0 Å². The summed E-state index contributed by atoms with van der Waals surface area (Å²) in [6.07, 6.45) is 1.09. The van der Waals surface area contributed by atoms with Gasteiger partial charge in [0.05, 0.1) is 0 Å². The van der Waals surface area contributed by atoms with E-state index in [0.717, 1.165) is 19.5 Å². The fraction of sp³-hybridized carbons (Fsp3) is 0.364. The first-order chi connectivity index (χ1) is 5.83.